The van der Waals surface area contributed by atoms with Crippen molar-refractivity contribution in [1.29, 1.82) is 0 Å². The molecule has 8 heteroatoms. The van der Waals surface area contributed by atoms with Crippen molar-refractivity contribution in [1.82, 2.24) is 15.0 Å². The fourth-order valence-electron chi connectivity index (χ4n) is 2.43. The summed E-state index contributed by atoms with van der Waals surface area (Å²) in [5, 5.41) is 5.93. The molecule has 0 saturated carbocycles. The average Bonchev–Trinajstić information content (AvgIpc) is 3.19. The number of rotatable bonds is 5. The van der Waals surface area contributed by atoms with Gasteiger partial charge in [-0.05, 0) is 24.3 Å². The lowest BCUT2D eigenvalue weighted by molar-refractivity contribution is -0.130. The van der Waals surface area contributed by atoms with Gasteiger partial charge < -0.3 is 15.2 Å². The largest absolute Gasteiger partial charge is 0.341 e. The lowest BCUT2D eigenvalue weighted by atomic mass is 10.2. The third-order valence-corrected chi connectivity index (χ3v) is 4.43. The second kappa shape index (κ2) is 7.71. The highest BCUT2D eigenvalue weighted by molar-refractivity contribution is 7.13. The van der Waals surface area contributed by atoms with Gasteiger partial charge >= 0.3 is 0 Å². The van der Waals surface area contributed by atoms with Gasteiger partial charge in [-0.25, -0.2) is 0 Å². The molecule has 1 fully saturated rings. The van der Waals surface area contributed by atoms with E-state index in [9.17, 15) is 4.79 Å². The van der Waals surface area contributed by atoms with Gasteiger partial charge in [-0.15, -0.1) is 23.7 Å². The van der Waals surface area contributed by atoms with Crippen LogP contribution in [0.4, 0.5) is 0 Å². The Kier molecular flexibility index (Phi) is 5.93. The Balaban J connectivity index is 0.00000176. The van der Waals surface area contributed by atoms with Gasteiger partial charge in [0.15, 0.2) is 0 Å². The molecule has 1 aliphatic rings. The third kappa shape index (κ3) is 4.06. The fraction of sp³-hybridized carbons (Fsp3) is 0.500. The molecule has 0 aliphatic carbocycles. The number of carbonyl (C=O) groups excluding carboxylic acids is 1. The van der Waals surface area contributed by atoms with Crippen molar-refractivity contribution in [3.8, 4) is 10.7 Å². The molecule has 0 aromatic carbocycles. The lowest BCUT2D eigenvalue weighted by Gasteiger charge is -2.15. The summed E-state index contributed by atoms with van der Waals surface area (Å²) in [4.78, 5) is 19.2. The molecule has 0 spiro atoms. The van der Waals surface area contributed by atoms with Crippen molar-refractivity contribution in [2.24, 2.45) is 5.73 Å². The number of aryl methyl sites for hydroxylation is 1. The average molecular weight is 343 g/mol. The smallest absolute Gasteiger partial charge is 0.226 e. The third-order valence-electron chi connectivity index (χ3n) is 3.57. The number of hydrogen-bond acceptors (Lipinski definition) is 6. The minimum absolute atomic E-state index is 0. The molecule has 1 aliphatic heterocycles. The number of amides is 1. The molecule has 2 aromatic heterocycles. The Morgan fingerprint density at radius 2 is 2.41 bits per heavy atom. The van der Waals surface area contributed by atoms with E-state index in [1.807, 2.05) is 22.4 Å². The van der Waals surface area contributed by atoms with Crippen molar-refractivity contribution >= 4 is 29.7 Å². The summed E-state index contributed by atoms with van der Waals surface area (Å²) < 4.78 is 5.21. The van der Waals surface area contributed by atoms with E-state index in [0.717, 1.165) is 24.3 Å². The van der Waals surface area contributed by atoms with E-state index in [1.54, 1.807) is 11.3 Å². The summed E-state index contributed by atoms with van der Waals surface area (Å²) in [5.41, 5.74) is 5.81. The molecule has 22 heavy (non-hydrogen) atoms. The summed E-state index contributed by atoms with van der Waals surface area (Å²) in [6.45, 7) is 1.46. The van der Waals surface area contributed by atoms with Crippen LogP contribution < -0.4 is 5.73 Å². The van der Waals surface area contributed by atoms with E-state index in [2.05, 4.69) is 10.1 Å². The first-order chi connectivity index (χ1) is 10.2. The molecule has 0 unspecified atom stereocenters. The van der Waals surface area contributed by atoms with Crippen LogP contribution in [0.1, 0.15) is 25.2 Å². The van der Waals surface area contributed by atoms with E-state index >= 15 is 0 Å². The fourth-order valence-corrected chi connectivity index (χ4v) is 3.07. The molecule has 6 nitrogen and oxygen atoms in total. The highest BCUT2D eigenvalue weighted by atomic mass is 35.5. The van der Waals surface area contributed by atoms with E-state index < -0.39 is 0 Å². The molecule has 1 saturated heterocycles. The van der Waals surface area contributed by atoms with Crippen LogP contribution >= 0.6 is 23.7 Å². The summed E-state index contributed by atoms with van der Waals surface area (Å²) in [6, 6.07) is 4.05. The zero-order valence-electron chi connectivity index (χ0n) is 12.1. The van der Waals surface area contributed by atoms with Gasteiger partial charge in [-0.2, -0.15) is 4.98 Å². The highest BCUT2D eigenvalue weighted by Gasteiger charge is 2.23. The van der Waals surface area contributed by atoms with Gasteiger partial charge in [-0.3, -0.25) is 4.79 Å². The van der Waals surface area contributed by atoms with Gasteiger partial charge in [-0.1, -0.05) is 11.2 Å². The first-order valence-corrected chi connectivity index (χ1v) is 8.00. The predicted octanol–water partition coefficient (Wildman–Crippen LogP) is 2.10. The molecular formula is C14H19ClN4O2S. The van der Waals surface area contributed by atoms with E-state index in [4.69, 9.17) is 10.3 Å². The zero-order chi connectivity index (χ0) is 14.7. The van der Waals surface area contributed by atoms with Crippen molar-refractivity contribution in [2.45, 2.75) is 31.7 Å². The first-order valence-electron chi connectivity index (χ1n) is 7.12. The molecule has 3 heterocycles. The maximum Gasteiger partial charge on any atom is 0.226 e. The number of halogens is 1. The number of nitrogens with zero attached hydrogens (tertiary/aromatic N) is 3. The molecule has 0 radical (unpaired) electrons. The number of thiophene rings is 1. The molecular weight excluding hydrogens is 324 g/mol. The number of aromatic nitrogens is 2. The Labute approximate surface area is 139 Å². The second-order valence-corrected chi connectivity index (χ2v) is 6.18. The molecule has 1 atom stereocenters. The van der Waals surface area contributed by atoms with E-state index in [-0.39, 0.29) is 24.4 Å². The SMILES string of the molecule is Cl.N[C@@H]1CCN(C(=O)CCCc2nc(-c3cccs3)no2)C1. The van der Waals surface area contributed by atoms with Gasteiger partial charge in [0.2, 0.25) is 17.6 Å². The maximum absolute atomic E-state index is 12.0. The van der Waals surface area contributed by atoms with Gasteiger partial charge in [0.05, 0.1) is 4.88 Å². The van der Waals surface area contributed by atoms with Crippen molar-refractivity contribution in [2.75, 3.05) is 13.1 Å². The van der Waals surface area contributed by atoms with Crippen LogP contribution in [0.25, 0.3) is 10.7 Å². The van der Waals surface area contributed by atoms with Crippen molar-refractivity contribution in [3.05, 3.63) is 23.4 Å². The van der Waals surface area contributed by atoms with E-state index in [0.29, 0.717) is 31.1 Å². The molecule has 0 bridgehead atoms. The van der Waals surface area contributed by atoms with Crippen LogP contribution in [0.15, 0.2) is 22.0 Å². The standard InChI is InChI=1S/C14H18N4O2S.ClH/c15-10-6-7-18(9-10)13(19)5-1-4-12-16-14(17-20-12)11-3-2-8-21-11;/h2-3,8,10H,1,4-7,9,15H2;1H/t10-;/m1./s1. The van der Waals surface area contributed by atoms with Crippen LogP contribution in [-0.4, -0.2) is 40.1 Å². The molecule has 1 amide bonds. The quantitative estimate of drug-likeness (QED) is 0.899. The summed E-state index contributed by atoms with van der Waals surface area (Å²) in [5.74, 6) is 1.38. The number of likely N-dealkylation sites (tertiary alicyclic amines) is 1. The second-order valence-electron chi connectivity index (χ2n) is 5.23. The maximum atomic E-state index is 12.0. The van der Waals surface area contributed by atoms with Gasteiger partial charge in [0, 0.05) is 32.0 Å². The minimum atomic E-state index is 0. The Hall–Kier alpha value is -1.44. The molecule has 3 rings (SSSR count). The number of hydrogen-bond donors (Lipinski definition) is 1. The van der Waals surface area contributed by atoms with E-state index in [1.165, 1.54) is 0 Å². The minimum Gasteiger partial charge on any atom is -0.341 e. The van der Waals surface area contributed by atoms with Crippen LogP contribution in [0.2, 0.25) is 0 Å². The van der Waals surface area contributed by atoms with Crippen LogP contribution in [0.5, 0.6) is 0 Å². The highest BCUT2D eigenvalue weighted by Crippen LogP contribution is 2.21. The summed E-state index contributed by atoms with van der Waals surface area (Å²) in [6.07, 6.45) is 2.75. The normalized spacial score (nSPS) is 17.5. The lowest BCUT2D eigenvalue weighted by Crippen LogP contribution is -2.31. The predicted molar refractivity (Wildman–Crippen MR) is 87.0 cm³/mol. The van der Waals surface area contributed by atoms with Crippen LogP contribution in [0, 0.1) is 0 Å². The molecule has 2 N–H and O–H groups in total. The van der Waals surface area contributed by atoms with Crippen molar-refractivity contribution in [3.63, 3.8) is 0 Å². The Bertz CT molecular complexity index is 602. The first kappa shape index (κ1) is 16.9. The van der Waals surface area contributed by atoms with Gasteiger partial charge in [0.25, 0.3) is 0 Å². The van der Waals surface area contributed by atoms with Crippen LogP contribution in [0.3, 0.4) is 0 Å². The zero-order valence-corrected chi connectivity index (χ0v) is 13.7. The monoisotopic (exact) mass is 342 g/mol. The number of nitrogens with two attached hydrogens (primary N) is 1. The summed E-state index contributed by atoms with van der Waals surface area (Å²) in [7, 11) is 0. The Morgan fingerprint density at radius 1 is 1.55 bits per heavy atom. The number of carbonyl (C=O) groups is 1. The topological polar surface area (TPSA) is 85.2 Å². The van der Waals surface area contributed by atoms with Gasteiger partial charge in [0.1, 0.15) is 0 Å². The Morgan fingerprint density at radius 3 is 3.09 bits per heavy atom. The molecule has 2 aromatic rings. The van der Waals surface area contributed by atoms with Crippen molar-refractivity contribution < 1.29 is 9.32 Å². The molecule has 120 valence electrons. The summed E-state index contributed by atoms with van der Waals surface area (Å²) >= 11 is 1.58. The van der Waals surface area contributed by atoms with Crippen LogP contribution in [-0.2, 0) is 11.2 Å².